The number of halogens is 1. The van der Waals surface area contributed by atoms with E-state index in [2.05, 4.69) is 15.3 Å². The van der Waals surface area contributed by atoms with Crippen LogP contribution in [0.1, 0.15) is 41.9 Å². The zero-order valence-electron chi connectivity index (χ0n) is 17.9. The maximum atomic E-state index is 13.1. The van der Waals surface area contributed by atoms with Gasteiger partial charge in [-0.05, 0) is 49.1 Å². The smallest absolute Gasteiger partial charge is 0.220 e. The van der Waals surface area contributed by atoms with E-state index in [4.69, 9.17) is 4.74 Å². The number of methoxy groups -OCH3 is 1. The van der Waals surface area contributed by atoms with Crippen molar-refractivity contribution in [2.45, 2.75) is 39.0 Å². The third-order valence-corrected chi connectivity index (χ3v) is 5.50. The molecule has 0 radical (unpaired) electrons. The zero-order valence-corrected chi connectivity index (χ0v) is 17.9. The van der Waals surface area contributed by atoms with Crippen molar-refractivity contribution in [3.8, 4) is 11.4 Å². The maximum Gasteiger partial charge on any atom is 0.220 e. The van der Waals surface area contributed by atoms with Gasteiger partial charge in [-0.1, -0.05) is 0 Å². The summed E-state index contributed by atoms with van der Waals surface area (Å²) in [5.74, 6) is -2.25. The van der Waals surface area contributed by atoms with E-state index in [1.54, 1.807) is 19.2 Å². The largest absolute Gasteiger partial charge is 0.385 e. The van der Waals surface area contributed by atoms with Gasteiger partial charge in [0.25, 0.3) is 0 Å². The molecule has 1 aliphatic carbocycles. The van der Waals surface area contributed by atoms with E-state index in [-0.39, 0.29) is 30.3 Å². The molecule has 2 unspecified atom stereocenters. The average Bonchev–Trinajstić information content (AvgIpc) is 2.99. The molecule has 1 amide bonds. The molecule has 8 heteroatoms. The fourth-order valence-corrected chi connectivity index (χ4v) is 4.09. The van der Waals surface area contributed by atoms with Gasteiger partial charge in [-0.2, -0.15) is 0 Å². The minimum atomic E-state index is -0.866. The molecular formula is C23H26FN3O4. The van der Waals surface area contributed by atoms with E-state index in [1.807, 2.05) is 13.8 Å². The van der Waals surface area contributed by atoms with Crippen LogP contribution in [0.3, 0.4) is 0 Å². The Morgan fingerprint density at radius 1 is 1.19 bits per heavy atom. The summed E-state index contributed by atoms with van der Waals surface area (Å²) in [7, 11) is 1.59. The number of benzene rings is 1. The highest BCUT2D eigenvalue weighted by Crippen LogP contribution is 2.38. The summed E-state index contributed by atoms with van der Waals surface area (Å²) < 4.78 is 18.1. The maximum absolute atomic E-state index is 13.1. The first-order valence-electron chi connectivity index (χ1n) is 10.2. The third kappa shape index (κ3) is 5.19. The van der Waals surface area contributed by atoms with Crippen LogP contribution < -0.4 is 5.32 Å². The van der Waals surface area contributed by atoms with Crippen LogP contribution in [0.5, 0.6) is 0 Å². The number of ether oxygens (including phenoxy) is 1. The van der Waals surface area contributed by atoms with Gasteiger partial charge in [-0.3, -0.25) is 14.4 Å². The molecule has 1 aromatic heterocycles. The SMILES string of the molecule is COCCCNC(=O)CC1CC(=O)C(c2c(C)cc(-c3ncc(F)cn3)cc2C)C1=O. The molecule has 1 aromatic carbocycles. The predicted octanol–water partition coefficient (Wildman–Crippen LogP) is 2.68. The van der Waals surface area contributed by atoms with Gasteiger partial charge in [0, 0.05) is 44.6 Å². The molecule has 7 nitrogen and oxygen atoms in total. The fraction of sp³-hybridized carbons (Fsp3) is 0.435. The highest BCUT2D eigenvalue weighted by Gasteiger charge is 2.43. The van der Waals surface area contributed by atoms with E-state index in [0.29, 0.717) is 36.5 Å². The van der Waals surface area contributed by atoms with Gasteiger partial charge in [0.05, 0.1) is 12.4 Å². The predicted molar refractivity (Wildman–Crippen MR) is 112 cm³/mol. The highest BCUT2D eigenvalue weighted by atomic mass is 19.1. The van der Waals surface area contributed by atoms with Crippen LogP contribution in [-0.2, 0) is 19.1 Å². The van der Waals surface area contributed by atoms with Gasteiger partial charge in [0.2, 0.25) is 5.91 Å². The monoisotopic (exact) mass is 427 g/mol. The molecule has 1 saturated carbocycles. The molecule has 1 fully saturated rings. The lowest BCUT2D eigenvalue weighted by Gasteiger charge is -2.17. The summed E-state index contributed by atoms with van der Waals surface area (Å²) >= 11 is 0. The number of carbonyl (C=O) groups is 3. The molecule has 3 rings (SSSR count). The van der Waals surface area contributed by atoms with Crippen LogP contribution in [-0.4, -0.2) is 47.7 Å². The van der Waals surface area contributed by atoms with Gasteiger partial charge in [-0.25, -0.2) is 14.4 Å². The molecule has 0 aliphatic heterocycles. The lowest BCUT2D eigenvalue weighted by molar-refractivity contribution is -0.128. The minimum Gasteiger partial charge on any atom is -0.385 e. The van der Waals surface area contributed by atoms with Gasteiger partial charge in [0.1, 0.15) is 11.7 Å². The van der Waals surface area contributed by atoms with Crippen LogP contribution in [0.25, 0.3) is 11.4 Å². The van der Waals surface area contributed by atoms with Crippen LogP contribution in [0.4, 0.5) is 4.39 Å². The second-order valence-electron chi connectivity index (χ2n) is 7.85. The van der Waals surface area contributed by atoms with Crippen molar-refractivity contribution in [2.24, 2.45) is 5.92 Å². The number of aromatic nitrogens is 2. The lowest BCUT2D eigenvalue weighted by Crippen LogP contribution is -2.28. The Balaban J connectivity index is 1.76. The molecule has 2 atom stereocenters. The number of hydrogen-bond donors (Lipinski definition) is 1. The lowest BCUT2D eigenvalue weighted by atomic mass is 9.86. The Labute approximate surface area is 180 Å². The Hall–Kier alpha value is -3.00. The Bertz CT molecular complexity index is 968. The quantitative estimate of drug-likeness (QED) is 0.514. The topological polar surface area (TPSA) is 98.2 Å². The van der Waals surface area contributed by atoms with Crippen LogP contribution in [0, 0.1) is 25.6 Å². The van der Waals surface area contributed by atoms with Crippen molar-refractivity contribution < 1.29 is 23.5 Å². The number of Topliss-reactive ketones (excluding diaryl/α,β-unsaturated/α-hetero) is 2. The summed E-state index contributed by atoms with van der Waals surface area (Å²) in [6.45, 7) is 4.66. The van der Waals surface area contributed by atoms with Gasteiger partial charge in [0.15, 0.2) is 17.4 Å². The second-order valence-corrected chi connectivity index (χ2v) is 7.85. The van der Waals surface area contributed by atoms with Gasteiger partial charge >= 0.3 is 0 Å². The Kier molecular flexibility index (Phi) is 7.22. The van der Waals surface area contributed by atoms with E-state index in [9.17, 15) is 18.8 Å². The fourth-order valence-electron chi connectivity index (χ4n) is 4.09. The van der Waals surface area contributed by atoms with E-state index >= 15 is 0 Å². The van der Waals surface area contributed by atoms with Crippen molar-refractivity contribution in [3.63, 3.8) is 0 Å². The first-order chi connectivity index (χ1) is 14.8. The average molecular weight is 427 g/mol. The van der Waals surface area contributed by atoms with Crippen LogP contribution in [0.2, 0.25) is 0 Å². The number of ketones is 2. The molecule has 0 spiro atoms. The normalized spacial score (nSPS) is 18.5. The van der Waals surface area contributed by atoms with Crippen molar-refractivity contribution >= 4 is 17.5 Å². The zero-order chi connectivity index (χ0) is 22.5. The van der Waals surface area contributed by atoms with E-state index < -0.39 is 17.7 Å². The standard InChI is InChI=1S/C23H26FN3O4/c1-13-7-16(23-26-11-17(24)12-27-23)8-14(2)20(13)21-18(28)9-15(22(21)30)10-19(29)25-5-4-6-31-3/h7-8,11-12,15,21H,4-6,9-10H2,1-3H3,(H,25,29). The van der Waals surface area contributed by atoms with Crippen molar-refractivity contribution in [2.75, 3.05) is 20.3 Å². The van der Waals surface area contributed by atoms with Crippen LogP contribution in [0.15, 0.2) is 24.5 Å². The molecular weight excluding hydrogens is 401 g/mol. The number of aryl methyl sites for hydroxylation is 2. The molecule has 31 heavy (non-hydrogen) atoms. The molecule has 0 bridgehead atoms. The summed E-state index contributed by atoms with van der Waals surface area (Å²) in [5.41, 5.74) is 2.88. The highest BCUT2D eigenvalue weighted by molar-refractivity contribution is 6.15. The summed E-state index contributed by atoms with van der Waals surface area (Å²) in [6, 6.07) is 3.60. The number of hydrogen-bond acceptors (Lipinski definition) is 6. The van der Waals surface area contributed by atoms with E-state index in [1.165, 1.54) is 0 Å². The first kappa shape index (κ1) is 22.7. The van der Waals surface area contributed by atoms with Crippen molar-refractivity contribution in [1.82, 2.24) is 15.3 Å². The number of nitrogens with zero attached hydrogens (tertiary/aromatic N) is 2. The Morgan fingerprint density at radius 3 is 2.45 bits per heavy atom. The number of carbonyl (C=O) groups excluding carboxylic acids is 3. The summed E-state index contributed by atoms with van der Waals surface area (Å²) in [6.07, 6.45) is 2.95. The molecule has 1 heterocycles. The summed E-state index contributed by atoms with van der Waals surface area (Å²) in [5, 5.41) is 2.76. The second kappa shape index (κ2) is 9.87. The Morgan fingerprint density at radius 2 is 1.84 bits per heavy atom. The molecule has 0 saturated heterocycles. The van der Waals surface area contributed by atoms with E-state index in [0.717, 1.165) is 23.5 Å². The van der Waals surface area contributed by atoms with Crippen molar-refractivity contribution in [1.29, 1.82) is 0 Å². The third-order valence-electron chi connectivity index (χ3n) is 5.50. The van der Waals surface area contributed by atoms with Crippen molar-refractivity contribution in [3.05, 3.63) is 47.0 Å². The van der Waals surface area contributed by atoms with Gasteiger partial charge in [-0.15, -0.1) is 0 Å². The first-order valence-corrected chi connectivity index (χ1v) is 10.2. The number of nitrogens with one attached hydrogen (secondary N) is 1. The number of amides is 1. The van der Waals surface area contributed by atoms with Gasteiger partial charge < -0.3 is 10.1 Å². The molecule has 1 aliphatic rings. The minimum absolute atomic E-state index is 0.00759. The molecule has 1 N–H and O–H groups in total. The number of rotatable bonds is 8. The molecule has 2 aromatic rings. The molecule has 164 valence electrons. The van der Waals surface area contributed by atoms with Crippen LogP contribution >= 0.6 is 0 Å². The summed E-state index contributed by atoms with van der Waals surface area (Å²) in [4.78, 5) is 45.9.